The quantitative estimate of drug-likeness (QED) is 0.842. The summed E-state index contributed by atoms with van der Waals surface area (Å²) >= 11 is 0. The molecule has 21 heavy (non-hydrogen) atoms. The van der Waals surface area contributed by atoms with Crippen LogP contribution < -0.4 is 0 Å². The van der Waals surface area contributed by atoms with Gasteiger partial charge in [-0.3, -0.25) is 4.79 Å². The van der Waals surface area contributed by atoms with Crippen LogP contribution >= 0.6 is 0 Å². The number of hydrogen-bond acceptors (Lipinski definition) is 3. The standard InChI is InChI=1S/C16H30O4S/c1-12(2)13-6-8-16(9-7-13,14(17)18)10-11-21(19,20)15(3,4)5/h12-13H,6-11H2,1-5H3,(H,17,18). The zero-order valence-electron chi connectivity index (χ0n) is 14.0. The molecule has 4 nitrogen and oxygen atoms in total. The third-order valence-electron chi connectivity index (χ3n) is 5.17. The number of carboxylic acids is 1. The topological polar surface area (TPSA) is 71.4 Å². The molecule has 0 aromatic rings. The second-order valence-electron chi connectivity index (χ2n) is 7.85. The van der Waals surface area contributed by atoms with Crippen molar-refractivity contribution in [3.8, 4) is 0 Å². The van der Waals surface area contributed by atoms with Crippen molar-refractivity contribution in [3.63, 3.8) is 0 Å². The average molecular weight is 318 g/mol. The summed E-state index contributed by atoms with van der Waals surface area (Å²) in [5, 5.41) is 9.62. The summed E-state index contributed by atoms with van der Waals surface area (Å²) < 4.78 is 23.7. The van der Waals surface area contributed by atoms with Crippen molar-refractivity contribution in [3.05, 3.63) is 0 Å². The minimum atomic E-state index is -3.26. The van der Waals surface area contributed by atoms with E-state index in [-0.39, 0.29) is 12.2 Å². The Morgan fingerprint density at radius 1 is 1.24 bits per heavy atom. The normalized spacial score (nSPS) is 27.8. The van der Waals surface area contributed by atoms with Crippen molar-refractivity contribution < 1.29 is 18.3 Å². The zero-order chi connectivity index (χ0) is 16.5. The van der Waals surface area contributed by atoms with Gasteiger partial charge in [0.15, 0.2) is 9.84 Å². The first-order valence-electron chi connectivity index (χ1n) is 7.87. The van der Waals surface area contributed by atoms with Gasteiger partial charge in [0, 0.05) is 0 Å². The predicted molar refractivity (Wildman–Crippen MR) is 85.0 cm³/mol. The molecule has 0 amide bonds. The smallest absolute Gasteiger partial charge is 0.309 e. The first-order chi connectivity index (χ1) is 9.41. The molecule has 0 aliphatic heterocycles. The molecule has 0 unspecified atom stereocenters. The molecule has 0 heterocycles. The van der Waals surface area contributed by atoms with Gasteiger partial charge in [-0.15, -0.1) is 0 Å². The van der Waals surface area contributed by atoms with E-state index < -0.39 is 26.0 Å². The van der Waals surface area contributed by atoms with Gasteiger partial charge < -0.3 is 5.11 Å². The lowest BCUT2D eigenvalue weighted by Crippen LogP contribution is -2.40. The number of aliphatic carboxylic acids is 1. The summed E-state index contributed by atoms with van der Waals surface area (Å²) in [5.74, 6) is 0.274. The van der Waals surface area contributed by atoms with E-state index in [0.29, 0.717) is 24.7 Å². The fraction of sp³-hybridized carbons (Fsp3) is 0.938. The summed E-state index contributed by atoms with van der Waals surface area (Å²) in [6, 6.07) is 0. The highest BCUT2D eigenvalue weighted by Gasteiger charge is 2.44. The van der Waals surface area contributed by atoms with Gasteiger partial charge in [0.1, 0.15) is 0 Å². The Morgan fingerprint density at radius 3 is 2.05 bits per heavy atom. The molecule has 1 aliphatic rings. The lowest BCUT2D eigenvalue weighted by molar-refractivity contribution is -0.152. The molecule has 1 saturated carbocycles. The Hall–Kier alpha value is -0.580. The van der Waals surface area contributed by atoms with Crippen molar-refractivity contribution in [2.75, 3.05) is 5.75 Å². The van der Waals surface area contributed by atoms with E-state index in [2.05, 4.69) is 13.8 Å². The molecule has 0 aromatic heterocycles. The van der Waals surface area contributed by atoms with Crippen LogP contribution in [0.15, 0.2) is 0 Å². The van der Waals surface area contributed by atoms with Crippen molar-refractivity contribution >= 4 is 15.8 Å². The molecule has 1 aliphatic carbocycles. The summed E-state index contributed by atoms with van der Waals surface area (Å²) in [5.41, 5.74) is -0.844. The van der Waals surface area contributed by atoms with Crippen LogP contribution in [0.1, 0.15) is 66.7 Å². The largest absolute Gasteiger partial charge is 0.481 e. The highest BCUT2D eigenvalue weighted by Crippen LogP contribution is 2.44. The summed E-state index contributed by atoms with van der Waals surface area (Å²) in [6.07, 6.45) is 3.22. The van der Waals surface area contributed by atoms with Crippen molar-refractivity contribution in [1.82, 2.24) is 0 Å². The summed E-state index contributed by atoms with van der Waals surface area (Å²) in [7, 11) is -3.26. The molecule has 0 aromatic carbocycles. The van der Waals surface area contributed by atoms with E-state index >= 15 is 0 Å². The molecule has 1 rings (SSSR count). The van der Waals surface area contributed by atoms with Crippen LogP contribution in [0.3, 0.4) is 0 Å². The molecular formula is C16H30O4S. The monoisotopic (exact) mass is 318 g/mol. The lowest BCUT2D eigenvalue weighted by atomic mass is 9.67. The van der Waals surface area contributed by atoms with Crippen LogP contribution in [-0.2, 0) is 14.6 Å². The van der Waals surface area contributed by atoms with Crippen molar-refractivity contribution in [1.29, 1.82) is 0 Å². The maximum Gasteiger partial charge on any atom is 0.309 e. The summed E-state index contributed by atoms with van der Waals surface area (Å²) in [6.45, 7) is 9.35. The van der Waals surface area contributed by atoms with E-state index in [9.17, 15) is 18.3 Å². The maximum atomic E-state index is 12.2. The van der Waals surface area contributed by atoms with Gasteiger partial charge in [0.2, 0.25) is 0 Å². The fourth-order valence-corrected chi connectivity index (χ4v) is 4.34. The Balaban J connectivity index is 2.80. The van der Waals surface area contributed by atoms with Crippen molar-refractivity contribution in [2.24, 2.45) is 17.3 Å². The molecule has 0 bridgehead atoms. The molecule has 0 radical (unpaired) electrons. The van der Waals surface area contributed by atoms with Gasteiger partial charge in [-0.2, -0.15) is 0 Å². The van der Waals surface area contributed by atoms with Crippen LogP contribution in [0.5, 0.6) is 0 Å². The second kappa shape index (κ2) is 6.27. The van der Waals surface area contributed by atoms with Crippen LogP contribution in [0.4, 0.5) is 0 Å². The Labute approximate surface area is 129 Å². The first-order valence-corrected chi connectivity index (χ1v) is 9.52. The SMILES string of the molecule is CC(C)C1CCC(CCS(=O)(=O)C(C)(C)C)(C(=O)O)CC1. The van der Waals surface area contributed by atoms with E-state index in [4.69, 9.17) is 0 Å². The van der Waals surface area contributed by atoms with E-state index in [0.717, 1.165) is 12.8 Å². The minimum Gasteiger partial charge on any atom is -0.481 e. The van der Waals surface area contributed by atoms with Crippen molar-refractivity contribution in [2.45, 2.75) is 71.5 Å². The molecule has 0 atom stereocenters. The molecule has 1 N–H and O–H groups in total. The second-order valence-corrected chi connectivity index (χ2v) is 10.7. The molecule has 0 spiro atoms. The average Bonchev–Trinajstić information content (AvgIpc) is 2.35. The predicted octanol–water partition coefficient (Wildman–Crippen LogP) is 3.51. The van der Waals surface area contributed by atoms with Crippen LogP contribution in [0, 0.1) is 17.3 Å². The first kappa shape index (κ1) is 18.5. The van der Waals surface area contributed by atoms with E-state index in [1.165, 1.54) is 0 Å². The molecule has 1 fully saturated rings. The number of carbonyl (C=O) groups is 1. The maximum absolute atomic E-state index is 12.2. The summed E-state index contributed by atoms with van der Waals surface area (Å²) in [4.78, 5) is 11.7. The van der Waals surface area contributed by atoms with Gasteiger partial charge >= 0.3 is 5.97 Å². The number of hydrogen-bond donors (Lipinski definition) is 1. The van der Waals surface area contributed by atoms with Gasteiger partial charge in [-0.25, -0.2) is 8.42 Å². The van der Waals surface area contributed by atoms with Crippen LogP contribution in [0.2, 0.25) is 0 Å². The van der Waals surface area contributed by atoms with Crippen LogP contribution in [0.25, 0.3) is 0 Å². The Bertz CT molecular complexity index is 463. The third-order valence-corrected chi connectivity index (χ3v) is 7.77. The highest BCUT2D eigenvalue weighted by molar-refractivity contribution is 7.92. The van der Waals surface area contributed by atoms with Gasteiger partial charge in [0.25, 0.3) is 0 Å². The Kier molecular flexibility index (Phi) is 5.51. The molecular weight excluding hydrogens is 288 g/mol. The number of sulfone groups is 1. The van der Waals surface area contributed by atoms with E-state index in [1.54, 1.807) is 20.8 Å². The minimum absolute atomic E-state index is 0.0326. The van der Waals surface area contributed by atoms with Gasteiger partial charge in [0.05, 0.1) is 15.9 Å². The zero-order valence-corrected chi connectivity index (χ0v) is 14.8. The van der Waals surface area contributed by atoms with Gasteiger partial charge in [-0.1, -0.05) is 13.8 Å². The third kappa shape index (κ3) is 4.21. The number of carboxylic acid groups (broad SMARTS) is 1. The van der Waals surface area contributed by atoms with Gasteiger partial charge in [-0.05, 0) is 64.7 Å². The Morgan fingerprint density at radius 2 is 1.71 bits per heavy atom. The highest BCUT2D eigenvalue weighted by atomic mass is 32.2. The number of rotatable bonds is 5. The molecule has 5 heteroatoms. The fourth-order valence-electron chi connectivity index (χ4n) is 3.07. The van der Waals surface area contributed by atoms with E-state index in [1.807, 2.05) is 0 Å². The van der Waals surface area contributed by atoms with Crippen LogP contribution in [-0.4, -0.2) is 30.0 Å². The lowest BCUT2D eigenvalue weighted by Gasteiger charge is -2.38. The molecule has 0 saturated heterocycles. The molecule has 124 valence electrons.